The maximum absolute atomic E-state index is 12.3. The van der Waals surface area contributed by atoms with Gasteiger partial charge in [-0.2, -0.15) is 0 Å². The van der Waals surface area contributed by atoms with Crippen LogP contribution in [0.15, 0.2) is 58.4 Å². The van der Waals surface area contributed by atoms with Crippen molar-refractivity contribution in [2.75, 3.05) is 5.32 Å². The van der Waals surface area contributed by atoms with Crippen molar-refractivity contribution in [2.45, 2.75) is 31.4 Å². The number of nitrogens with zero attached hydrogens (tertiary/aromatic N) is 2. The van der Waals surface area contributed by atoms with Gasteiger partial charge in [0.15, 0.2) is 0 Å². The van der Waals surface area contributed by atoms with Gasteiger partial charge in [-0.25, -0.2) is 4.98 Å². The Labute approximate surface area is 166 Å². The summed E-state index contributed by atoms with van der Waals surface area (Å²) in [6, 6.07) is 12.5. The fourth-order valence-electron chi connectivity index (χ4n) is 2.36. The highest BCUT2D eigenvalue weighted by molar-refractivity contribution is 7.98. The first kappa shape index (κ1) is 19.5. The molecular weight excluding hydrogens is 382 g/mol. The van der Waals surface area contributed by atoms with Gasteiger partial charge in [0.1, 0.15) is 5.65 Å². The number of carbonyl (C=O) groups is 1. The lowest BCUT2D eigenvalue weighted by molar-refractivity contribution is -0.123. The van der Waals surface area contributed by atoms with Gasteiger partial charge in [-0.1, -0.05) is 44.5 Å². The fourth-order valence-corrected chi connectivity index (χ4v) is 3.42. The summed E-state index contributed by atoms with van der Waals surface area (Å²) < 4.78 is 1.42. The Morgan fingerprint density at radius 1 is 1.22 bits per heavy atom. The van der Waals surface area contributed by atoms with Gasteiger partial charge in [-0.15, -0.1) is 11.8 Å². The van der Waals surface area contributed by atoms with Crippen molar-refractivity contribution < 1.29 is 4.79 Å². The quantitative estimate of drug-likeness (QED) is 0.647. The number of rotatable bonds is 4. The molecule has 140 valence electrons. The van der Waals surface area contributed by atoms with Crippen molar-refractivity contribution in [3.8, 4) is 0 Å². The van der Waals surface area contributed by atoms with E-state index in [1.54, 1.807) is 18.3 Å². The molecule has 1 N–H and O–H groups in total. The van der Waals surface area contributed by atoms with Crippen LogP contribution in [0.25, 0.3) is 5.65 Å². The maximum atomic E-state index is 12.3. The predicted octanol–water partition coefficient (Wildman–Crippen LogP) is 4.62. The smallest absolute Gasteiger partial charge is 0.258 e. The van der Waals surface area contributed by atoms with E-state index in [0.717, 1.165) is 10.6 Å². The third-order valence-corrected chi connectivity index (χ3v) is 5.20. The Morgan fingerprint density at radius 3 is 2.70 bits per heavy atom. The molecule has 0 saturated carbocycles. The van der Waals surface area contributed by atoms with Crippen LogP contribution in [0.5, 0.6) is 0 Å². The molecule has 0 aliphatic rings. The lowest BCUT2D eigenvalue weighted by atomic mass is 9.95. The summed E-state index contributed by atoms with van der Waals surface area (Å²) in [6.45, 7) is 5.62. The summed E-state index contributed by atoms with van der Waals surface area (Å²) in [5, 5.41) is 3.46. The topological polar surface area (TPSA) is 63.5 Å². The van der Waals surface area contributed by atoms with Gasteiger partial charge in [-0.3, -0.25) is 14.0 Å². The molecule has 0 saturated heterocycles. The Bertz CT molecular complexity index is 1060. The normalized spacial score (nSPS) is 11.6. The fraction of sp³-hybridized carbons (Fsp3) is 0.250. The summed E-state index contributed by atoms with van der Waals surface area (Å²) >= 11 is 7.46. The number of halogens is 1. The lowest BCUT2D eigenvalue weighted by Gasteiger charge is -2.19. The van der Waals surface area contributed by atoms with Gasteiger partial charge in [0.05, 0.1) is 16.4 Å². The molecule has 5 nitrogen and oxygen atoms in total. The molecule has 0 aliphatic heterocycles. The van der Waals surface area contributed by atoms with E-state index in [4.69, 9.17) is 11.6 Å². The molecule has 3 rings (SSSR count). The number of pyridine rings is 1. The molecule has 3 aromatic rings. The van der Waals surface area contributed by atoms with Gasteiger partial charge < -0.3 is 5.32 Å². The number of nitrogens with one attached hydrogen (secondary N) is 1. The van der Waals surface area contributed by atoms with E-state index < -0.39 is 5.41 Å². The second-order valence-electron chi connectivity index (χ2n) is 7.15. The standard InChI is InChI=1S/C20H20ClN3O2S/c1-20(2,3)19(26)23-15-6-4-5-7-16(15)27-12-14-10-18(25)24-11-13(21)8-9-17(24)22-14/h4-11H,12H2,1-3H3,(H,23,26). The number of amides is 1. The number of benzene rings is 1. The van der Waals surface area contributed by atoms with Crippen LogP contribution in [0, 0.1) is 5.41 Å². The van der Waals surface area contributed by atoms with Crippen molar-refractivity contribution in [3.05, 3.63) is 69.7 Å². The summed E-state index contributed by atoms with van der Waals surface area (Å²) in [6.07, 6.45) is 1.56. The van der Waals surface area contributed by atoms with Crippen LogP contribution in [-0.4, -0.2) is 15.3 Å². The van der Waals surface area contributed by atoms with Crippen LogP contribution >= 0.6 is 23.4 Å². The van der Waals surface area contributed by atoms with Crippen molar-refractivity contribution >= 4 is 40.6 Å². The highest BCUT2D eigenvalue weighted by Crippen LogP contribution is 2.30. The van der Waals surface area contributed by atoms with Crippen LogP contribution in [0.4, 0.5) is 5.69 Å². The first-order chi connectivity index (χ1) is 12.7. The number of hydrogen-bond donors (Lipinski definition) is 1. The SMILES string of the molecule is CC(C)(C)C(=O)Nc1ccccc1SCc1cc(=O)n2cc(Cl)ccc2n1. The molecule has 2 aromatic heterocycles. The number of fused-ring (bicyclic) bond motifs is 1. The number of thioether (sulfide) groups is 1. The van der Waals surface area contributed by atoms with Crippen molar-refractivity contribution in [3.63, 3.8) is 0 Å². The van der Waals surface area contributed by atoms with E-state index in [1.807, 2.05) is 45.0 Å². The molecule has 0 radical (unpaired) electrons. The molecule has 1 aromatic carbocycles. The molecule has 0 unspecified atom stereocenters. The van der Waals surface area contributed by atoms with E-state index in [2.05, 4.69) is 10.3 Å². The lowest BCUT2D eigenvalue weighted by Crippen LogP contribution is -2.27. The van der Waals surface area contributed by atoms with Gasteiger partial charge in [0.25, 0.3) is 5.56 Å². The van der Waals surface area contributed by atoms with Crippen LogP contribution in [0.2, 0.25) is 5.02 Å². The van der Waals surface area contributed by atoms with Crippen LogP contribution in [0.1, 0.15) is 26.5 Å². The summed E-state index contributed by atoms with van der Waals surface area (Å²) in [5.74, 6) is 0.464. The molecule has 0 bridgehead atoms. The molecule has 0 spiro atoms. The van der Waals surface area contributed by atoms with Crippen LogP contribution < -0.4 is 10.9 Å². The maximum Gasteiger partial charge on any atom is 0.258 e. The molecule has 0 aliphatic carbocycles. The molecule has 2 heterocycles. The van der Waals surface area contributed by atoms with Crippen LogP contribution in [-0.2, 0) is 10.5 Å². The Hall–Kier alpha value is -2.31. The summed E-state index contributed by atoms with van der Waals surface area (Å²) in [5.41, 5.74) is 1.33. The summed E-state index contributed by atoms with van der Waals surface area (Å²) in [7, 11) is 0. The van der Waals surface area contributed by atoms with E-state index in [-0.39, 0.29) is 11.5 Å². The third-order valence-electron chi connectivity index (χ3n) is 3.87. The van der Waals surface area contributed by atoms with Gasteiger partial charge in [0, 0.05) is 28.3 Å². The van der Waals surface area contributed by atoms with Gasteiger partial charge >= 0.3 is 0 Å². The Morgan fingerprint density at radius 2 is 1.96 bits per heavy atom. The third kappa shape index (κ3) is 4.70. The second-order valence-corrected chi connectivity index (χ2v) is 8.60. The Kier molecular flexibility index (Phi) is 5.58. The largest absolute Gasteiger partial charge is 0.325 e. The van der Waals surface area contributed by atoms with E-state index in [0.29, 0.717) is 22.1 Å². The van der Waals surface area contributed by atoms with Crippen LogP contribution in [0.3, 0.4) is 0 Å². The minimum atomic E-state index is -0.479. The number of para-hydroxylation sites is 1. The van der Waals surface area contributed by atoms with Gasteiger partial charge in [-0.05, 0) is 24.3 Å². The zero-order valence-corrected chi connectivity index (χ0v) is 16.9. The van der Waals surface area contributed by atoms with Crippen molar-refractivity contribution in [2.24, 2.45) is 5.41 Å². The highest BCUT2D eigenvalue weighted by Gasteiger charge is 2.22. The average Bonchev–Trinajstić information content (AvgIpc) is 2.61. The molecule has 0 atom stereocenters. The van der Waals surface area contributed by atoms with E-state index >= 15 is 0 Å². The zero-order chi connectivity index (χ0) is 19.6. The first-order valence-corrected chi connectivity index (χ1v) is 9.81. The minimum absolute atomic E-state index is 0.0468. The molecule has 0 fully saturated rings. The molecular formula is C20H20ClN3O2S. The number of anilines is 1. The Balaban J connectivity index is 1.81. The minimum Gasteiger partial charge on any atom is -0.325 e. The number of hydrogen-bond acceptors (Lipinski definition) is 4. The number of aromatic nitrogens is 2. The monoisotopic (exact) mass is 401 g/mol. The van der Waals surface area contributed by atoms with Crippen molar-refractivity contribution in [1.29, 1.82) is 0 Å². The summed E-state index contributed by atoms with van der Waals surface area (Å²) in [4.78, 5) is 30.0. The molecule has 7 heteroatoms. The highest BCUT2D eigenvalue weighted by atomic mass is 35.5. The number of carbonyl (C=O) groups excluding carboxylic acids is 1. The molecule has 27 heavy (non-hydrogen) atoms. The van der Waals surface area contributed by atoms with Gasteiger partial charge in [0.2, 0.25) is 5.91 Å². The second kappa shape index (κ2) is 7.74. The van der Waals surface area contributed by atoms with Crippen molar-refractivity contribution in [1.82, 2.24) is 9.38 Å². The first-order valence-electron chi connectivity index (χ1n) is 8.45. The zero-order valence-electron chi connectivity index (χ0n) is 15.3. The molecule has 1 amide bonds. The van der Waals surface area contributed by atoms with E-state index in [9.17, 15) is 9.59 Å². The predicted molar refractivity (Wildman–Crippen MR) is 111 cm³/mol. The van der Waals surface area contributed by atoms with E-state index in [1.165, 1.54) is 22.2 Å². The average molecular weight is 402 g/mol.